The summed E-state index contributed by atoms with van der Waals surface area (Å²) in [6, 6.07) is 11.8. The molecular formula is C13H10N2O. The van der Waals surface area contributed by atoms with Gasteiger partial charge in [-0.3, -0.25) is 0 Å². The van der Waals surface area contributed by atoms with Crippen LogP contribution >= 0.6 is 0 Å². The van der Waals surface area contributed by atoms with Gasteiger partial charge in [0, 0.05) is 11.8 Å². The zero-order chi connectivity index (χ0) is 11.0. The summed E-state index contributed by atoms with van der Waals surface area (Å²) in [5, 5.41) is 0.862. The number of nitrogen functional groups attached to an aromatic ring is 1. The van der Waals surface area contributed by atoms with Gasteiger partial charge < -0.3 is 10.2 Å². The molecule has 0 aliphatic rings. The van der Waals surface area contributed by atoms with Gasteiger partial charge in [0.25, 0.3) is 0 Å². The van der Waals surface area contributed by atoms with Crippen molar-refractivity contribution in [1.82, 2.24) is 4.98 Å². The molecule has 3 rings (SSSR count). The van der Waals surface area contributed by atoms with E-state index in [2.05, 4.69) is 4.98 Å². The van der Waals surface area contributed by atoms with E-state index in [1.54, 1.807) is 12.5 Å². The smallest absolute Gasteiger partial charge is 0.227 e. The first-order chi connectivity index (χ1) is 7.86. The minimum Gasteiger partial charge on any atom is -0.446 e. The molecule has 0 amide bonds. The average Bonchev–Trinajstić information content (AvgIpc) is 2.80. The summed E-state index contributed by atoms with van der Waals surface area (Å²) in [5.41, 5.74) is 9.39. The number of hydrogen-bond donors (Lipinski definition) is 1. The van der Waals surface area contributed by atoms with Gasteiger partial charge in [0.15, 0.2) is 0 Å². The highest BCUT2D eigenvalue weighted by Gasteiger charge is 2.08. The molecule has 0 spiro atoms. The van der Waals surface area contributed by atoms with Gasteiger partial charge in [-0.15, -0.1) is 0 Å². The minimum atomic E-state index is 0.581. The predicted molar refractivity (Wildman–Crippen MR) is 63.9 cm³/mol. The van der Waals surface area contributed by atoms with Crippen LogP contribution in [0.3, 0.4) is 0 Å². The van der Waals surface area contributed by atoms with Crippen LogP contribution in [0.1, 0.15) is 0 Å². The molecule has 0 fully saturated rings. The number of hydrogen-bond acceptors (Lipinski definition) is 3. The molecule has 78 valence electrons. The first-order valence-corrected chi connectivity index (χ1v) is 5.03. The van der Waals surface area contributed by atoms with Crippen molar-refractivity contribution < 1.29 is 4.42 Å². The first-order valence-electron chi connectivity index (χ1n) is 5.03. The van der Waals surface area contributed by atoms with Crippen molar-refractivity contribution in [3.8, 4) is 11.1 Å². The third kappa shape index (κ3) is 1.26. The van der Waals surface area contributed by atoms with Gasteiger partial charge in [-0.25, -0.2) is 4.98 Å². The highest BCUT2D eigenvalue weighted by molar-refractivity contribution is 5.95. The van der Waals surface area contributed by atoms with Gasteiger partial charge in [-0.2, -0.15) is 0 Å². The quantitative estimate of drug-likeness (QED) is 0.671. The number of benzene rings is 1. The third-order valence-electron chi connectivity index (χ3n) is 2.62. The first kappa shape index (κ1) is 8.97. The van der Waals surface area contributed by atoms with Gasteiger partial charge in [-0.05, 0) is 11.6 Å². The van der Waals surface area contributed by atoms with Crippen molar-refractivity contribution in [3.63, 3.8) is 0 Å². The van der Waals surface area contributed by atoms with E-state index in [-0.39, 0.29) is 0 Å². The van der Waals surface area contributed by atoms with Crippen LogP contribution in [0.25, 0.3) is 22.2 Å². The Balaban J connectivity index is 2.28. The molecule has 2 aromatic heterocycles. The van der Waals surface area contributed by atoms with Crippen molar-refractivity contribution in [3.05, 3.63) is 48.9 Å². The normalized spacial score (nSPS) is 10.8. The molecule has 0 bridgehead atoms. The topological polar surface area (TPSA) is 52.0 Å². The number of pyridine rings is 1. The van der Waals surface area contributed by atoms with E-state index >= 15 is 0 Å². The number of nitrogens with two attached hydrogens (primary N) is 1. The van der Waals surface area contributed by atoms with Crippen LogP contribution in [-0.4, -0.2) is 4.98 Å². The average molecular weight is 210 g/mol. The lowest BCUT2D eigenvalue weighted by Gasteiger charge is -2.05. The van der Waals surface area contributed by atoms with Crippen LogP contribution in [-0.2, 0) is 0 Å². The van der Waals surface area contributed by atoms with Crippen LogP contribution < -0.4 is 5.73 Å². The largest absolute Gasteiger partial charge is 0.446 e. The molecule has 1 aromatic carbocycles. The molecule has 0 saturated heterocycles. The Bertz CT molecular complexity index is 629. The lowest BCUT2D eigenvalue weighted by molar-refractivity contribution is 0.603. The molecule has 16 heavy (non-hydrogen) atoms. The van der Waals surface area contributed by atoms with E-state index in [1.807, 2.05) is 36.4 Å². The molecule has 0 saturated carbocycles. The van der Waals surface area contributed by atoms with Gasteiger partial charge in [0.1, 0.15) is 0 Å². The predicted octanol–water partition coefficient (Wildman–Crippen LogP) is 3.08. The van der Waals surface area contributed by atoms with Gasteiger partial charge in [0.2, 0.25) is 5.71 Å². The number of nitrogens with zero attached hydrogens (tertiary/aromatic N) is 1. The summed E-state index contributed by atoms with van der Waals surface area (Å²) in [6.07, 6.45) is 3.35. The Morgan fingerprint density at radius 2 is 1.88 bits per heavy atom. The van der Waals surface area contributed by atoms with E-state index in [1.165, 1.54) is 0 Å². The van der Waals surface area contributed by atoms with Crippen LogP contribution in [0.5, 0.6) is 0 Å². The Labute approximate surface area is 92.5 Å². The highest BCUT2D eigenvalue weighted by Crippen LogP contribution is 2.31. The Hall–Kier alpha value is -2.29. The number of fused-ring (bicyclic) bond motifs is 1. The standard InChI is InChI=1S/C13H10N2O/c14-12-10-6-7-16-13(10)15-8-11(12)9-4-2-1-3-5-9/h1-8H,(H2,14,15). The fourth-order valence-electron chi connectivity index (χ4n) is 1.79. The molecule has 0 aliphatic heterocycles. The molecular weight excluding hydrogens is 200 g/mol. The molecule has 3 aromatic rings. The third-order valence-corrected chi connectivity index (χ3v) is 2.62. The minimum absolute atomic E-state index is 0.581. The van der Waals surface area contributed by atoms with Crippen LogP contribution in [0, 0.1) is 0 Å². The number of anilines is 1. The maximum atomic E-state index is 6.10. The van der Waals surface area contributed by atoms with Crippen molar-refractivity contribution in [2.24, 2.45) is 0 Å². The number of furan rings is 1. The zero-order valence-electron chi connectivity index (χ0n) is 8.55. The molecule has 3 nitrogen and oxygen atoms in total. The number of rotatable bonds is 1. The molecule has 2 N–H and O–H groups in total. The fourth-order valence-corrected chi connectivity index (χ4v) is 1.79. The zero-order valence-corrected chi connectivity index (χ0v) is 8.55. The van der Waals surface area contributed by atoms with Gasteiger partial charge in [0.05, 0.1) is 17.3 Å². The maximum Gasteiger partial charge on any atom is 0.227 e. The van der Waals surface area contributed by atoms with E-state index in [0.29, 0.717) is 11.4 Å². The maximum absolute atomic E-state index is 6.10. The number of aromatic nitrogens is 1. The Morgan fingerprint density at radius 1 is 1.06 bits per heavy atom. The van der Waals surface area contributed by atoms with E-state index in [9.17, 15) is 0 Å². The summed E-state index contributed by atoms with van der Waals surface area (Å²) in [6.45, 7) is 0. The Kier molecular flexibility index (Phi) is 1.90. The van der Waals surface area contributed by atoms with Crippen molar-refractivity contribution in [2.75, 3.05) is 5.73 Å². The molecule has 2 heterocycles. The van der Waals surface area contributed by atoms with E-state index in [4.69, 9.17) is 10.2 Å². The molecule has 0 atom stereocenters. The second-order valence-electron chi connectivity index (χ2n) is 3.59. The van der Waals surface area contributed by atoms with Crippen molar-refractivity contribution in [2.45, 2.75) is 0 Å². The van der Waals surface area contributed by atoms with E-state index in [0.717, 1.165) is 16.5 Å². The Morgan fingerprint density at radius 3 is 2.69 bits per heavy atom. The molecule has 0 unspecified atom stereocenters. The SMILES string of the molecule is Nc1c(-c2ccccc2)cnc2occc12. The van der Waals surface area contributed by atoms with Crippen LogP contribution in [0.4, 0.5) is 5.69 Å². The highest BCUT2D eigenvalue weighted by atomic mass is 16.3. The van der Waals surface area contributed by atoms with Gasteiger partial charge >= 0.3 is 0 Å². The lowest BCUT2D eigenvalue weighted by atomic mass is 10.1. The molecule has 0 aliphatic carbocycles. The molecule has 0 radical (unpaired) electrons. The summed E-state index contributed by atoms with van der Waals surface area (Å²) in [4.78, 5) is 4.23. The van der Waals surface area contributed by atoms with Crippen LogP contribution in [0.2, 0.25) is 0 Å². The fraction of sp³-hybridized carbons (Fsp3) is 0. The van der Waals surface area contributed by atoms with Crippen molar-refractivity contribution in [1.29, 1.82) is 0 Å². The summed E-state index contributed by atoms with van der Waals surface area (Å²) in [7, 11) is 0. The van der Waals surface area contributed by atoms with Crippen LogP contribution in [0.15, 0.2) is 53.3 Å². The second kappa shape index (κ2) is 3.38. The summed E-state index contributed by atoms with van der Waals surface area (Å²) in [5.74, 6) is 0. The molecule has 3 heteroatoms. The second-order valence-corrected chi connectivity index (χ2v) is 3.59. The van der Waals surface area contributed by atoms with E-state index < -0.39 is 0 Å². The summed E-state index contributed by atoms with van der Waals surface area (Å²) >= 11 is 0. The van der Waals surface area contributed by atoms with Crippen molar-refractivity contribution >= 4 is 16.8 Å². The monoisotopic (exact) mass is 210 g/mol. The summed E-state index contributed by atoms with van der Waals surface area (Å²) < 4.78 is 5.20. The lowest BCUT2D eigenvalue weighted by Crippen LogP contribution is -1.92. The van der Waals surface area contributed by atoms with Gasteiger partial charge in [-0.1, -0.05) is 30.3 Å².